The molecule has 5 aromatic rings. The summed E-state index contributed by atoms with van der Waals surface area (Å²) < 4.78 is 0. The molecule has 8 nitrogen and oxygen atoms in total. The molecule has 0 amide bonds. The number of nitrogens with zero attached hydrogens (tertiary/aromatic N) is 5. The summed E-state index contributed by atoms with van der Waals surface area (Å²) in [6.07, 6.45) is 0. The van der Waals surface area contributed by atoms with E-state index in [9.17, 15) is 0 Å². The van der Waals surface area contributed by atoms with Crippen molar-refractivity contribution in [2.45, 2.75) is 6.04 Å². The van der Waals surface area contributed by atoms with Gasteiger partial charge in [-0.25, -0.2) is 15.0 Å². The van der Waals surface area contributed by atoms with Gasteiger partial charge in [0.1, 0.15) is 11.3 Å². The minimum absolute atomic E-state index is 0.229. The number of pyridine rings is 2. The first kappa shape index (κ1) is 16.2. The van der Waals surface area contributed by atoms with Gasteiger partial charge in [-0.3, -0.25) is 5.10 Å². The second kappa shape index (κ2) is 6.11. The van der Waals surface area contributed by atoms with Gasteiger partial charge in [0, 0.05) is 19.1 Å². The van der Waals surface area contributed by atoms with Crippen molar-refractivity contribution in [3.8, 4) is 22.9 Å². The highest BCUT2D eigenvalue weighted by atomic mass is 15.3. The number of benzene rings is 1. The molecule has 0 aliphatic carbocycles. The number of anilines is 1. The molecule has 29 heavy (non-hydrogen) atoms. The highest BCUT2D eigenvalue weighted by molar-refractivity contribution is 5.91. The zero-order valence-corrected chi connectivity index (χ0v) is 15.5. The fourth-order valence-electron chi connectivity index (χ4n) is 3.71. The van der Waals surface area contributed by atoms with Gasteiger partial charge >= 0.3 is 0 Å². The van der Waals surface area contributed by atoms with E-state index in [1.165, 1.54) is 0 Å². The number of hydrogen-bond acceptors (Lipinski definition) is 6. The van der Waals surface area contributed by atoms with Crippen molar-refractivity contribution in [3.05, 3.63) is 54.6 Å². The SMILES string of the molecule is NC1CN(c2cccc(-c3ccc4[nH]nc(-c5nc6ccccc6[nH]5)c4n3)n2)C1. The van der Waals surface area contributed by atoms with E-state index in [2.05, 4.69) is 25.1 Å². The number of rotatable bonds is 3. The van der Waals surface area contributed by atoms with E-state index in [1.54, 1.807) is 0 Å². The molecule has 5 heterocycles. The molecule has 142 valence electrons. The molecule has 0 radical (unpaired) electrons. The lowest BCUT2D eigenvalue weighted by molar-refractivity contribution is 0.515. The Kier molecular flexibility index (Phi) is 3.41. The van der Waals surface area contributed by atoms with Crippen molar-refractivity contribution < 1.29 is 0 Å². The number of imidazole rings is 1. The molecule has 0 unspecified atom stereocenters. The van der Waals surface area contributed by atoms with Crippen LogP contribution in [0.3, 0.4) is 0 Å². The van der Waals surface area contributed by atoms with Gasteiger partial charge < -0.3 is 15.6 Å². The summed E-state index contributed by atoms with van der Waals surface area (Å²) in [5.41, 5.74) is 11.7. The van der Waals surface area contributed by atoms with Gasteiger partial charge in [0.25, 0.3) is 0 Å². The van der Waals surface area contributed by atoms with Crippen molar-refractivity contribution in [1.82, 2.24) is 30.1 Å². The van der Waals surface area contributed by atoms with E-state index in [-0.39, 0.29) is 6.04 Å². The largest absolute Gasteiger partial charge is 0.353 e. The summed E-state index contributed by atoms with van der Waals surface area (Å²) in [6.45, 7) is 1.67. The molecule has 0 saturated carbocycles. The van der Waals surface area contributed by atoms with Crippen LogP contribution in [-0.2, 0) is 0 Å². The number of hydrogen-bond donors (Lipinski definition) is 3. The molecular weight excluding hydrogens is 364 g/mol. The zero-order chi connectivity index (χ0) is 19.4. The Morgan fingerprint density at radius 2 is 1.72 bits per heavy atom. The van der Waals surface area contributed by atoms with Crippen LogP contribution in [0.4, 0.5) is 5.82 Å². The summed E-state index contributed by atoms with van der Waals surface area (Å²) in [6, 6.07) is 18.1. The van der Waals surface area contributed by atoms with E-state index >= 15 is 0 Å². The van der Waals surface area contributed by atoms with Crippen LogP contribution < -0.4 is 10.6 Å². The number of aromatic amines is 2. The summed E-state index contributed by atoms with van der Waals surface area (Å²) in [5, 5.41) is 7.50. The van der Waals surface area contributed by atoms with Gasteiger partial charge in [-0.2, -0.15) is 5.10 Å². The summed E-state index contributed by atoms with van der Waals surface area (Å²) in [5.74, 6) is 1.62. The van der Waals surface area contributed by atoms with Crippen LogP contribution in [0, 0.1) is 0 Å². The van der Waals surface area contributed by atoms with Crippen molar-refractivity contribution >= 4 is 27.9 Å². The molecule has 4 N–H and O–H groups in total. The molecular formula is C21H18N8. The Hall–Kier alpha value is -3.78. The maximum atomic E-state index is 5.90. The molecule has 0 spiro atoms. The van der Waals surface area contributed by atoms with E-state index < -0.39 is 0 Å². The Labute approximate surface area is 165 Å². The number of nitrogens with one attached hydrogen (secondary N) is 2. The Morgan fingerprint density at radius 3 is 2.59 bits per heavy atom. The second-order valence-electron chi connectivity index (χ2n) is 7.31. The fraction of sp³-hybridized carbons (Fsp3) is 0.143. The monoisotopic (exact) mass is 382 g/mol. The number of fused-ring (bicyclic) bond motifs is 2. The minimum Gasteiger partial charge on any atom is -0.353 e. The van der Waals surface area contributed by atoms with Crippen LogP contribution in [0.1, 0.15) is 0 Å². The van der Waals surface area contributed by atoms with Crippen LogP contribution in [0.15, 0.2) is 54.6 Å². The van der Waals surface area contributed by atoms with E-state index in [1.807, 2.05) is 54.6 Å². The van der Waals surface area contributed by atoms with Crippen molar-refractivity contribution in [3.63, 3.8) is 0 Å². The van der Waals surface area contributed by atoms with E-state index in [0.717, 1.165) is 52.4 Å². The van der Waals surface area contributed by atoms with Crippen molar-refractivity contribution in [1.29, 1.82) is 0 Å². The third-order valence-electron chi connectivity index (χ3n) is 5.25. The van der Waals surface area contributed by atoms with Crippen LogP contribution >= 0.6 is 0 Å². The highest BCUT2D eigenvalue weighted by Crippen LogP contribution is 2.28. The second-order valence-corrected chi connectivity index (χ2v) is 7.31. The zero-order valence-electron chi connectivity index (χ0n) is 15.5. The predicted molar refractivity (Wildman–Crippen MR) is 112 cm³/mol. The number of aromatic nitrogens is 6. The van der Waals surface area contributed by atoms with Crippen LogP contribution in [0.5, 0.6) is 0 Å². The third kappa shape index (κ3) is 2.65. The molecule has 1 aromatic carbocycles. The van der Waals surface area contributed by atoms with Crippen molar-refractivity contribution in [2.24, 2.45) is 5.73 Å². The average molecular weight is 382 g/mol. The van der Waals surface area contributed by atoms with E-state index in [4.69, 9.17) is 15.7 Å². The first-order valence-electron chi connectivity index (χ1n) is 9.53. The number of nitrogens with two attached hydrogens (primary N) is 1. The molecule has 1 fully saturated rings. The first-order valence-corrected chi connectivity index (χ1v) is 9.53. The maximum Gasteiger partial charge on any atom is 0.161 e. The molecule has 0 bridgehead atoms. The smallest absolute Gasteiger partial charge is 0.161 e. The van der Waals surface area contributed by atoms with E-state index in [0.29, 0.717) is 11.5 Å². The first-order chi connectivity index (χ1) is 14.2. The molecule has 1 saturated heterocycles. The van der Waals surface area contributed by atoms with Crippen LogP contribution in [-0.4, -0.2) is 49.3 Å². The summed E-state index contributed by atoms with van der Waals surface area (Å²) in [4.78, 5) is 19.8. The molecule has 6 rings (SSSR count). The number of H-pyrrole nitrogens is 2. The van der Waals surface area contributed by atoms with Crippen molar-refractivity contribution in [2.75, 3.05) is 18.0 Å². The normalized spacial score (nSPS) is 14.6. The standard InChI is InChI=1S/C21H18N8/c22-12-10-29(11-12)18-7-3-6-13(23-18)16-8-9-17-19(24-16)20(28-27-17)21-25-14-4-1-2-5-15(14)26-21/h1-9,12H,10-11,22H2,(H,25,26)(H,27,28). The lowest BCUT2D eigenvalue weighted by atomic mass is 10.1. The quantitative estimate of drug-likeness (QED) is 0.442. The van der Waals surface area contributed by atoms with Gasteiger partial charge in [0.2, 0.25) is 0 Å². The topological polar surface area (TPSA) is 112 Å². The molecule has 4 aromatic heterocycles. The molecule has 1 aliphatic rings. The summed E-state index contributed by atoms with van der Waals surface area (Å²) >= 11 is 0. The molecule has 8 heteroatoms. The van der Waals surface area contributed by atoms with Gasteiger partial charge in [-0.1, -0.05) is 18.2 Å². The minimum atomic E-state index is 0.229. The van der Waals surface area contributed by atoms with Crippen LogP contribution in [0.25, 0.3) is 45.0 Å². The fourth-order valence-corrected chi connectivity index (χ4v) is 3.71. The average Bonchev–Trinajstić information content (AvgIpc) is 3.34. The lowest BCUT2D eigenvalue weighted by Crippen LogP contribution is -2.56. The third-order valence-corrected chi connectivity index (χ3v) is 5.25. The number of para-hydroxylation sites is 2. The van der Waals surface area contributed by atoms with Gasteiger partial charge in [-0.15, -0.1) is 0 Å². The van der Waals surface area contributed by atoms with Gasteiger partial charge in [0.05, 0.1) is 27.9 Å². The van der Waals surface area contributed by atoms with Crippen LogP contribution in [0.2, 0.25) is 0 Å². The highest BCUT2D eigenvalue weighted by Gasteiger charge is 2.24. The van der Waals surface area contributed by atoms with Gasteiger partial charge in [-0.05, 0) is 36.4 Å². The Bertz CT molecular complexity index is 1310. The lowest BCUT2D eigenvalue weighted by Gasteiger charge is -2.37. The predicted octanol–water partition coefficient (Wildman–Crippen LogP) is 2.71. The molecule has 1 aliphatic heterocycles. The Balaban J connectivity index is 1.43. The van der Waals surface area contributed by atoms with Gasteiger partial charge in [0.15, 0.2) is 11.5 Å². The Morgan fingerprint density at radius 1 is 0.862 bits per heavy atom. The summed E-state index contributed by atoms with van der Waals surface area (Å²) in [7, 11) is 0. The maximum absolute atomic E-state index is 5.90. The molecule has 0 atom stereocenters.